The van der Waals surface area contributed by atoms with Crippen molar-refractivity contribution < 1.29 is 19.1 Å². The molecule has 0 fully saturated rings. The highest BCUT2D eigenvalue weighted by atomic mass is 32.2. The van der Waals surface area contributed by atoms with Crippen LogP contribution >= 0.6 is 11.8 Å². The van der Waals surface area contributed by atoms with Crippen LogP contribution in [0, 0.1) is 0 Å². The Morgan fingerprint density at radius 2 is 1.86 bits per heavy atom. The molecule has 1 heterocycles. The first-order valence-corrected chi connectivity index (χ1v) is 9.77. The Labute approximate surface area is 169 Å². The van der Waals surface area contributed by atoms with E-state index >= 15 is 0 Å². The number of anilines is 1. The van der Waals surface area contributed by atoms with Crippen LogP contribution in [0.1, 0.15) is 12.5 Å². The quantitative estimate of drug-likeness (QED) is 0.756. The van der Waals surface area contributed by atoms with E-state index in [1.807, 2.05) is 42.5 Å². The molecule has 0 aromatic heterocycles. The highest BCUT2D eigenvalue weighted by molar-refractivity contribution is 8.02. The van der Waals surface area contributed by atoms with Gasteiger partial charge in [0.1, 0.15) is 0 Å². The SMILES string of the molecule is COc1ccc(CCNC(=O)C2(C)Sc3ccccc3N(C)C2=O)cc1OC. The Balaban J connectivity index is 1.67. The predicted octanol–water partition coefficient (Wildman–Crippen LogP) is 2.89. The van der Waals surface area contributed by atoms with Crippen molar-refractivity contribution in [3.8, 4) is 11.5 Å². The van der Waals surface area contributed by atoms with Gasteiger partial charge in [-0.25, -0.2) is 0 Å². The number of methoxy groups -OCH3 is 2. The second-order valence-electron chi connectivity index (χ2n) is 6.66. The summed E-state index contributed by atoms with van der Waals surface area (Å²) in [5.74, 6) is 0.799. The first kappa shape index (κ1) is 20.1. The fourth-order valence-corrected chi connectivity index (χ4v) is 4.47. The maximum Gasteiger partial charge on any atom is 0.252 e. The molecule has 2 aromatic rings. The predicted molar refractivity (Wildman–Crippen MR) is 110 cm³/mol. The van der Waals surface area contributed by atoms with Gasteiger partial charge in [-0.2, -0.15) is 0 Å². The standard InChI is InChI=1S/C21H24N2O4S/c1-21(20(25)23(2)15-7-5-6-8-18(15)28-21)19(24)22-12-11-14-9-10-16(26-3)17(13-14)27-4/h5-10,13H,11-12H2,1-4H3,(H,22,24). The number of benzene rings is 2. The van der Waals surface area contributed by atoms with Gasteiger partial charge in [0.25, 0.3) is 5.91 Å². The molecule has 0 bridgehead atoms. The Hall–Kier alpha value is -2.67. The number of carbonyl (C=O) groups excluding carboxylic acids is 2. The number of nitrogens with zero attached hydrogens (tertiary/aromatic N) is 1. The lowest BCUT2D eigenvalue weighted by molar-refractivity contribution is -0.131. The van der Waals surface area contributed by atoms with Gasteiger partial charge < -0.3 is 19.7 Å². The average molecular weight is 401 g/mol. The summed E-state index contributed by atoms with van der Waals surface area (Å²) in [6.07, 6.45) is 0.619. The van der Waals surface area contributed by atoms with Crippen LogP contribution < -0.4 is 19.7 Å². The van der Waals surface area contributed by atoms with Crippen LogP contribution in [-0.4, -0.2) is 44.4 Å². The van der Waals surface area contributed by atoms with Crippen LogP contribution in [0.2, 0.25) is 0 Å². The van der Waals surface area contributed by atoms with E-state index in [4.69, 9.17) is 9.47 Å². The lowest BCUT2D eigenvalue weighted by atomic mass is 10.1. The van der Waals surface area contributed by atoms with Crippen LogP contribution in [0.15, 0.2) is 47.4 Å². The average Bonchev–Trinajstić information content (AvgIpc) is 2.71. The fraction of sp³-hybridized carbons (Fsp3) is 0.333. The summed E-state index contributed by atoms with van der Waals surface area (Å²) in [4.78, 5) is 28.2. The third-order valence-corrected chi connectivity index (χ3v) is 6.17. The summed E-state index contributed by atoms with van der Waals surface area (Å²) in [5.41, 5.74) is 1.83. The summed E-state index contributed by atoms with van der Waals surface area (Å²) in [5, 5.41) is 2.91. The third-order valence-electron chi connectivity index (χ3n) is 4.83. The highest BCUT2D eigenvalue weighted by Gasteiger charge is 2.48. The van der Waals surface area contributed by atoms with Crippen molar-refractivity contribution >= 4 is 29.3 Å². The molecule has 0 saturated carbocycles. The monoisotopic (exact) mass is 400 g/mol. The van der Waals surface area contributed by atoms with Crippen molar-refractivity contribution in [1.29, 1.82) is 0 Å². The molecule has 7 heteroatoms. The van der Waals surface area contributed by atoms with Crippen LogP contribution in [0.4, 0.5) is 5.69 Å². The highest BCUT2D eigenvalue weighted by Crippen LogP contribution is 2.44. The van der Waals surface area contributed by atoms with Gasteiger partial charge in [0, 0.05) is 18.5 Å². The molecule has 3 rings (SSSR count). The number of ether oxygens (including phenoxy) is 2. The van der Waals surface area contributed by atoms with Gasteiger partial charge in [-0.05, 0) is 43.2 Å². The second-order valence-corrected chi connectivity index (χ2v) is 8.12. The zero-order valence-electron chi connectivity index (χ0n) is 16.4. The number of thioether (sulfide) groups is 1. The number of nitrogens with one attached hydrogen (secondary N) is 1. The zero-order valence-corrected chi connectivity index (χ0v) is 17.3. The molecule has 0 aliphatic carbocycles. The Kier molecular flexibility index (Phi) is 5.84. The lowest BCUT2D eigenvalue weighted by Crippen LogP contribution is -2.55. The van der Waals surface area contributed by atoms with E-state index in [-0.39, 0.29) is 11.8 Å². The molecule has 1 atom stereocenters. The molecule has 2 aromatic carbocycles. The number of hydrogen-bond donors (Lipinski definition) is 1. The van der Waals surface area contributed by atoms with E-state index < -0.39 is 4.75 Å². The molecule has 1 aliphatic heterocycles. The van der Waals surface area contributed by atoms with Gasteiger partial charge >= 0.3 is 0 Å². The molecule has 0 radical (unpaired) electrons. The number of amides is 2. The third kappa shape index (κ3) is 3.67. The lowest BCUT2D eigenvalue weighted by Gasteiger charge is -2.36. The first-order chi connectivity index (χ1) is 13.4. The minimum Gasteiger partial charge on any atom is -0.493 e. The van der Waals surface area contributed by atoms with Crippen LogP contribution in [-0.2, 0) is 16.0 Å². The van der Waals surface area contributed by atoms with Crippen molar-refractivity contribution in [1.82, 2.24) is 5.32 Å². The summed E-state index contributed by atoms with van der Waals surface area (Å²) in [6.45, 7) is 2.10. The van der Waals surface area contributed by atoms with Crippen LogP contribution in [0.25, 0.3) is 0 Å². The molecule has 1 N–H and O–H groups in total. The maximum atomic E-state index is 12.9. The Morgan fingerprint density at radius 1 is 1.14 bits per heavy atom. The van der Waals surface area contributed by atoms with Gasteiger partial charge in [0.2, 0.25) is 5.91 Å². The number of para-hydroxylation sites is 1. The van der Waals surface area contributed by atoms with Crippen molar-refractivity contribution in [3.05, 3.63) is 48.0 Å². The van der Waals surface area contributed by atoms with Gasteiger partial charge in [-0.1, -0.05) is 30.0 Å². The van der Waals surface area contributed by atoms with Gasteiger partial charge in [0.05, 0.1) is 19.9 Å². The first-order valence-electron chi connectivity index (χ1n) is 8.96. The van der Waals surface area contributed by atoms with Crippen molar-refractivity contribution in [2.75, 3.05) is 32.7 Å². The van der Waals surface area contributed by atoms with Gasteiger partial charge in [-0.15, -0.1) is 0 Å². The molecule has 0 spiro atoms. The second kappa shape index (κ2) is 8.14. The number of hydrogen-bond acceptors (Lipinski definition) is 5. The smallest absolute Gasteiger partial charge is 0.252 e. The van der Waals surface area contributed by atoms with E-state index in [2.05, 4.69) is 5.32 Å². The van der Waals surface area contributed by atoms with E-state index in [0.717, 1.165) is 16.1 Å². The fourth-order valence-electron chi connectivity index (χ4n) is 3.18. The van der Waals surface area contributed by atoms with E-state index in [0.29, 0.717) is 24.5 Å². The van der Waals surface area contributed by atoms with Crippen molar-refractivity contribution in [3.63, 3.8) is 0 Å². The molecular formula is C21H24N2O4S. The Bertz CT molecular complexity index is 902. The summed E-state index contributed by atoms with van der Waals surface area (Å²) < 4.78 is 9.35. The normalized spacial score (nSPS) is 18.4. The number of fused-ring (bicyclic) bond motifs is 1. The van der Waals surface area contributed by atoms with Crippen molar-refractivity contribution in [2.24, 2.45) is 0 Å². The summed E-state index contributed by atoms with van der Waals surface area (Å²) >= 11 is 1.30. The molecular weight excluding hydrogens is 376 g/mol. The minimum absolute atomic E-state index is 0.222. The molecule has 2 amide bonds. The topological polar surface area (TPSA) is 67.9 Å². The largest absolute Gasteiger partial charge is 0.493 e. The molecule has 28 heavy (non-hydrogen) atoms. The van der Waals surface area contributed by atoms with E-state index in [1.54, 1.807) is 33.1 Å². The molecule has 1 unspecified atom stereocenters. The van der Waals surface area contributed by atoms with Crippen LogP contribution in [0.3, 0.4) is 0 Å². The number of rotatable bonds is 6. The number of carbonyl (C=O) groups is 2. The molecule has 148 valence electrons. The summed E-state index contributed by atoms with van der Waals surface area (Å²) in [6, 6.07) is 13.3. The van der Waals surface area contributed by atoms with Crippen LogP contribution in [0.5, 0.6) is 11.5 Å². The molecule has 1 aliphatic rings. The van der Waals surface area contributed by atoms with E-state index in [9.17, 15) is 9.59 Å². The van der Waals surface area contributed by atoms with Gasteiger partial charge in [0.15, 0.2) is 16.2 Å². The Morgan fingerprint density at radius 3 is 2.57 bits per heavy atom. The van der Waals surface area contributed by atoms with Gasteiger partial charge in [-0.3, -0.25) is 9.59 Å². The summed E-state index contributed by atoms with van der Waals surface area (Å²) in [7, 11) is 4.88. The maximum absolute atomic E-state index is 12.9. The molecule has 6 nitrogen and oxygen atoms in total. The van der Waals surface area contributed by atoms with E-state index in [1.165, 1.54) is 11.8 Å². The molecule has 0 saturated heterocycles. The minimum atomic E-state index is -1.19. The van der Waals surface area contributed by atoms with Crippen molar-refractivity contribution in [2.45, 2.75) is 23.0 Å². The zero-order chi connectivity index (χ0) is 20.3.